The number of hydrogen-bond acceptors (Lipinski definition) is 4. The van der Waals surface area contributed by atoms with E-state index in [1.54, 1.807) is 24.2 Å². The molecule has 0 bridgehead atoms. The Hall–Kier alpha value is -1.92. The Kier molecular flexibility index (Phi) is 8.29. The third-order valence-electron chi connectivity index (χ3n) is 4.06. The molecule has 1 aliphatic rings. The number of carbonyl (C=O) groups is 1. The van der Waals surface area contributed by atoms with Gasteiger partial charge in [0.1, 0.15) is 6.29 Å². The van der Waals surface area contributed by atoms with Crippen molar-refractivity contribution in [2.24, 2.45) is 16.6 Å². The van der Waals surface area contributed by atoms with Crippen molar-refractivity contribution in [3.8, 4) is 0 Å². The van der Waals surface area contributed by atoms with Gasteiger partial charge >= 0.3 is 0 Å². The minimum Gasteiger partial charge on any atom is -0.342 e. The SMILES string of the molecule is C/N=C(\N(C)N)N(C)[C@H]1CC[C@@H](N)CC1.O=Cc1ccccc1. The van der Waals surface area contributed by atoms with Crippen molar-refractivity contribution < 1.29 is 4.79 Å². The molecule has 128 valence electrons. The molecule has 0 amide bonds. The first-order valence-corrected chi connectivity index (χ1v) is 7.93. The van der Waals surface area contributed by atoms with Crippen molar-refractivity contribution in [1.29, 1.82) is 0 Å². The van der Waals surface area contributed by atoms with Crippen LogP contribution in [0.25, 0.3) is 0 Å². The Labute approximate surface area is 139 Å². The van der Waals surface area contributed by atoms with E-state index >= 15 is 0 Å². The van der Waals surface area contributed by atoms with Crippen LogP contribution in [0.5, 0.6) is 0 Å². The normalized spacial score (nSPS) is 21.0. The van der Waals surface area contributed by atoms with Gasteiger partial charge in [-0.25, -0.2) is 5.84 Å². The minimum absolute atomic E-state index is 0.382. The Morgan fingerprint density at radius 2 is 1.74 bits per heavy atom. The molecule has 1 fully saturated rings. The maximum absolute atomic E-state index is 10.0. The maximum atomic E-state index is 10.0. The molecule has 0 saturated heterocycles. The number of rotatable bonds is 2. The highest BCUT2D eigenvalue weighted by Gasteiger charge is 2.24. The van der Waals surface area contributed by atoms with Crippen molar-refractivity contribution in [3.63, 3.8) is 0 Å². The molecule has 1 aliphatic carbocycles. The van der Waals surface area contributed by atoms with Crippen LogP contribution in [0.3, 0.4) is 0 Å². The second-order valence-corrected chi connectivity index (χ2v) is 5.84. The zero-order valence-electron chi connectivity index (χ0n) is 14.4. The van der Waals surface area contributed by atoms with Gasteiger partial charge in [0.25, 0.3) is 0 Å². The van der Waals surface area contributed by atoms with Crippen molar-refractivity contribution >= 4 is 12.2 Å². The van der Waals surface area contributed by atoms with Gasteiger partial charge in [-0.15, -0.1) is 0 Å². The number of hydrogen-bond donors (Lipinski definition) is 2. The predicted molar refractivity (Wildman–Crippen MR) is 95.1 cm³/mol. The molecule has 0 aliphatic heterocycles. The summed E-state index contributed by atoms with van der Waals surface area (Å²) in [5, 5.41) is 1.56. The molecular formula is C17H29N5O. The number of hydrazine groups is 1. The number of aliphatic imine (C=N–C) groups is 1. The lowest BCUT2D eigenvalue weighted by Crippen LogP contribution is -2.50. The average Bonchev–Trinajstić information content (AvgIpc) is 2.57. The van der Waals surface area contributed by atoms with Crippen molar-refractivity contribution in [3.05, 3.63) is 35.9 Å². The van der Waals surface area contributed by atoms with E-state index in [9.17, 15) is 4.79 Å². The summed E-state index contributed by atoms with van der Waals surface area (Å²) in [5.74, 6) is 6.55. The molecule has 0 heterocycles. The molecule has 6 nitrogen and oxygen atoms in total. The van der Waals surface area contributed by atoms with Gasteiger partial charge in [0.2, 0.25) is 5.96 Å². The maximum Gasteiger partial charge on any atom is 0.210 e. The second-order valence-electron chi connectivity index (χ2n) is 5.84. The second kappa shape index (κ2) is 9.97. The lowest BCUT2D eigenvalue weighted by Gasteiger charge is -2.36. The van der Waals surface area contributed by atoms with Gasteiger partial charge in [-0.05, 0) is 25.7 Å². The molecule has 4 N–H and O–H groups in total. The van der Waals surface area contributed by atoms with Gasteiger partial charge in [-0.3, -0.25) is 14.8 Å². The van der Waals surface area contributed by atoms with E-state index in [-0.39, 0.29) is 0 Å². The largest absolute Gasteiger partial charge is 0.342 e. The van der Waals surface area contributed by atoms with Crippen molar-refractivity contribution in [2.45, 2.75) is 37.8 Å². The Morgan fingerprint density at radius 3 is 2.13 bits per heavy atom. The van der Waals surface area contributed by atoms with E-state index in [1.165, 1.54) is 0 Å². The van der Waals surface area contributed by atoms with E-state index < -0.39 is 0 Å². The molecule has 1 saturated carbocycles. The first-order chi connectivity index (χ1) is 11.0. The van der Waals surface area contributed by atoms with Gasteiger partial charge < -0.3 is 10.6 Å². The number of carbonyl (C=O) groups excluding carboxylic acids is 1. The lowest BCUT2D eigenvalue weighted by molar-refractivity contribution is 0.112. The van der Waals surface area contributed by atoms with Crippen LogP contribution in [-0.2, 0) is 0 Å². The van der Waals surface area contributed by atoms with E-state index in [1.807, 2.05) is 32.3 Å². The number of benzene rings is 1. The highest BCUT2D eigenvalue weighted by Crippen LogP contribution is 2.21. The summed E-state index contributed by atoms with van der Waals surface area (Å²) in [6.45, 7) is 0. The number of nitrogens with two attached hydrogens (primary N) is 2. The van der Waals surface area contributed by atoms with Gasteiger partial charge in [-0.2, -0.15) is 0 Å². The Balaban J connectivity index is 0.000000277. The van der Waals surface area contributed by atoms with E-state index in [4.69, 9.17) is 11.6 Å². The molecule has 0 spiro atoms. The molecule has 0 atom stereocenters. The summed E-state index contributed by atoms with van der Waals surface area (Å²) < 4.78 is 0. The fourth-order valence-electron chi connectivity index (χ4n) is 2.75. The fraction of sp³-hybridized carbons (Fsp3) is 0.529. The highest BCUT2D eigenvalue weighted by molar-refractivity contribution is 5.79. The number of aldehydes is 1. The van der Waals surface area contributed by atoms with Crippen molar-refractivity contribution in [1.82, 2.24) is 9.91 Å². The molecule has 2 rings (SSSR count). The predicted octanol–water partition coefficient (Wildman–Crippen LogP) is 1.48. The number of guanidine groups is 1. The third kappa shape index (κ3) is 6.38. The molecule has 0 aromatic heterocycles. The molecule has 1 aromatic rings. The molecule has 0 radical (unpaired) electrons. The summed E-state index contributed by atoms with van der Waals surface area (Å²) in [4.78, 5) is 16.4. The summed E-state index contributed by atoms with van der Waals surface area (Å²) in [6, 6.07) is 10.0. The van der Waals surface area contributed by atoms with E-state index in [0.29, 0.717) is 12.1 Å². The van der Waals surface area contributed by atoms with Crippen LogP contribution in [0.15, 0.2) is 35.3 Å². The zero-order valence-corrected chi connectivity index (χ0v) is 14.4. The zero-order chi connectivity index (χ0) is 17.2. The highest BCUT2D eigenvalue weighted by atomic mass is 16.1. The first-order valence-electron chi connectivity index (χ1n) is 7.93. The standard InChI is InChI=1S/C10H23N5.C7H6O/c1-13-10(15(3)12)14(2)9-6-4-8(11)5-7-9;8-6-7-4-2-1-3-5-7/h8-9H,4-7,11-12H2,1-3H3;1-6H/b13-10-;/t8-,9+;. The van der Waals surface area contributed by atoms with E-state index in [0.717, 1.165) is 43.5 Å². The minimum atomic E-state index is 0.382. The van der Waals surface area contributed by atoms with Crippen LogP contribution in [0.4, 0.5) is 0 Å². The summed E-state index contributed by atoms with van der Waals surface area (Å²) in [6.07, 6.45) is 5.29. The van der Waals surface area contributed by atoms with Crippen LogP contribution in [0.1, 0.15) is 36.0 Å². The van der Waals surface area contributed by atoms with Gasteiger partial charge in [0.05, 0.1) is 0 Å². The van der Waals surface area contributed by atoms with Crippen LogP contribution in [0.2, 0.25) is 0 Å². The summed E-state index contributed by atoms with van der Waals surface area (Å²) in [5.41, 5.74) is 6.61. The monoisotopic (exact) mass is 319 g/mol. The molecule has 1 aromatic carbocycles. The van der Waals surface area contributed by atoms with Crippen molar-refractivity contribution in [2.75, 3.05) is 21.1 Å². The Bertz CT molecular complexity index is 481. The third-order valence-corrected chi connectivity index (χ3v) is 4.06. The number of nitrogens with zero attached hydrogens (tertiary/aromatic N) is 3. The van der Waals surface area contributed by atoms with Crippen LogP contribution < -0.4 is 11.6 Å². The topological polar surface area (TPSA) is 87.9 Å². The summed E-state index contributed by atoms with van der Waals surface area (Å²) in [7, 11) is 5.63. The van der Waals surface area contributed by atoms with Gasteiger partial charge in [-0.1, -0.05) is 30.3 Å². The van der Waals surface area contributed by atoms with Crippen LogP contribution >= 0.6 is 0 Å². The summed E-state index contributed by atoms with van der Waals surface area (Å²) >= 11 is 0. The fourth-order valence-corrected chi connectivity index (χ4v) is 2.75. The average molecular weight is 319 g/mol. The van der Waals surface area contributed by atoms with Gasteiger partial charge in [0, 0.05) is 38.8 Å². The molecule has 6 heteroatoms. The first kappa shape index (κ1) is 19.1. The molecular weight excluding hydrogens is 290 g/mol. The molecule has 23 heavy (non-hydrogen) atoms. The van der Waals surface area contributed by atoms with Crippen LogP contribution in [0, 0.1) is 0 Å². The quantitative estimate of drug-likeness (QED) is 0.283. The lowest BCUT2D eigenvalue weighted by atomic mass is 9.91. The van der Waals surface area contributed by atoms with Gasteiger partial charge in [0.15, 0.2) is 0 Å². The molecule has 0 unspecified atom stereocenters. The van der Waals surface area contributed by atoms with E-state index in [2.05, 4.69) is 9.89 Å². The Morgan fingerprint density at radius 1 is 1.17 bits per heavy atom. The smallest absolute Gasteiger partial charge is 0.210 e. The van der Waals surface area contributed by atoms with Crippen LogP contribution in [-0.4, -0.2) is 55.4 Å².